The molecule has 1 rings (SSSR count). The largest absolute Gasteiger partial charge is 0.399 e. The quantitative estimate of drug-likeness (QED) is 0.515. The van der Waals surface area contributed by atoms with Gasteiger partial charge in [-0.3, -0.25) is 0 Å². The third-order valence-corrected chi connectivity index (χ3v) is 3.23. The van der Waals surface area contributed by atoms with Crippen molar-refractivity contribution >= 4 is 17.3 Å². The standard InChI is InChI=1S/C15H25ClN2/c1-2-3-4-5-6-7-8-18-12-13-9-14(16)11-15(17)10-13/h9-11,18H,2-8,12,17H2,1H3. The molecule has 0 aromatic heterocycles. The molecule has 1 aromatic carbocycles. The summed E-state index contributed by atoms with van der Waals surface area (Å²) in [4.78, 5) is 0. The van der Waals surface area contributed by atoms with Crippen molar-refractivity contribution in [2.24, 2.45) is 0 Å². The number of nitrogen functional groups attached to an aromatic ring is 1. The van der Waals surface area contributed by atoms with Crippen LogP contribution < -0.4 is 11.1 Å². The molecule has 3 heteroatoms. The highest BCUT2D eigenvalue weighted by molar-refractivity contribution is 6.30. The molecule has 0 saturated carbocycles. The van der Waals surface area contributed by atoms with Crippen molar-refractivity contribution in [3.63, 3.8) is 0 Å². The number of nitrogens with one attached hydrogen (secondary N) is 1. The fourth-order valence-electron chi connectivity index (χ4n) is 2.04. The lowest BCUT2D eigenvalue weighted by Crippen LogP contribution is -2.14. The summed E-state index contributed by atoms with van der Waals surface area (Å²) < 4.78 is 0. The van der Waals surface area contributed by atoms with Crippen LogP contribution in [-0.2, 0) is 6.54 Å². The minimum atomic E-state index is 0.714. The zero-order chi connectivity index (χ0) is 13.2. The Kier molecular flexibility index (Phi) is 7.86. The summed E-state index contributed by atoms with van der Waals surface area (Å²) in [6.45, 7) is 4.16. The first-order valence-electron chi connectivity index (χ1n) is 6.98. The van der Waals surface area contributed by atoms with Gasteiger partial charge in [-0.05, 0) is 36.7 Å². The van der Waals surface area contributed by atoms with E-state index in [4.69, 9.17) is 17.3 Å². The second kappa shape index (κ2) is 9.23. The molecule has 0 fully saturated rings. The van der Waals surface area contributed by atoms with Crippen molar-refractivity contribution in [2.75, 3.05) is 12.3 Å². The van der Waals surface area contributed by atoms with E-state index in [1.807, 2.05) is 12.1 Å². The number of anilines is 1. The Morgan fingerprint density at radius 3 is 2.50 bits per heavy atom. The van der Waals surface area contributed by atoms with E-state index in [2.05, 4.69) is 12.2 Å². The van der Waals surface area contributed by atoms with Gasteiger partial charge in [0, 0.05) is 17.3 Å². The van der Waals surface area contributed by atoms with Gasteiger partial charge in [0.25, 0.3) is 0 Å². The molecule has 0 saturated heterocycles. The lowest BCUT2D eigenvalue weighted by molar-refractivity contribution is 0.572. The molecule has 18 heavy (non-hydrogen) atoms. The molecular formula is C15H25ClN2. The molecule has 0 unspecified atom stereocenters. The fraction of sp³-hybridized carbons (Fsp3) is 0.600. The minimum Gasteiger partial charge on any atom is -0.399 e. The van der Waals surface area contributed by atoms with Crippen molar-refractivity contribution in [1.82, 2.24) is 5.32 Å². The molecule has 0 aliphatic carbocycles. The second-order valence-corrected chi connectivity index (χ2v) is 5.27. The number of hydrogen-bond donors (Lipinski definition) is 2. The van der Waals surface area contributed by atoms with Gasteiger partial charge in [0.15, 0.2) is 0 Å². The van der Waals surface area contributed by atoms with Crippen LogP contribution in [0.4, 0.5) is 5.69 Å². The maximum absolute atomic E-state index is 5.95. The average Bonchev–Trinajstić information content (AvgIpc) is 2.31. The lowest BCUT2D eigenvalue weighted by atomic mass is 10.1. The molecule has 3 N–H and O–H groups in total. The molecule has 0 heterocycles. The number of benzene rings is 1. The molecule has 2 nitrogen and oxygen atoms in total. The molecule has 0 amide bonds. The van der Waals surface area contributed by atoms with Crippen LogP contribution in [0.15, 0.2) is 18.2 Å². The molecule has 0 atom stereocenters. The third kappa shape index (κ3) is 6.87. The Bertz CT molecular complexity index is 319. The Labute approximate surface area is 116 Å². The van der Waals surface area contributed by atoms with Crippen molar-refractivity contribution in [1.29, 1.82) is 0 Å². The van der Waals surface area contributed by atoms with Gasteiger partial charge in [-0.15, -0.1) is 0 Å². The average molecular weight is 269 g/mol. The van der Waals surface area contributed by atoms with E-state index in [1.165, 1.54) is 38.5 Å². The van der Waals surface area contributed by atoms with Crippen LogP contribution in [0.1, 0.15) is 51.0 Å². The number of nitrogens with two attached hydrogens (primary N) is 1. The van der Waals surface area contributed by atoms with Crippen LogP contribution in [0.25, 0.3) is 0 Å². The second-order valence-electron chi connectivity index (χ2n) is 4.84. The van der Waals surface area contributed by atoms with Gasteiger partial charge in [0.05, 0.1) is 0 Å². The highest BCUT2D eigenvalue weighted by atomic mass is 35.5. The highest BCUT2D eigenvalue weighted by Crippen LogP contribution is 2.16. The van der Waals surface area contributed by atoms with Crippen LogP contribution >= 0.6 is 11.6 Å². The third-order valence-electron chi connectivity index (χ3n) is 3.02. The molecule has 0 bridgehead atoms. The molecule has 102 valence electrons. The smallest absolute Gasteiger partial charge is 0.0429 e. The van der Waals surface area contributed by atoms with Gasteiger partial charge in [-0.1, -0.05) is 50.6 Å². The fourth-order valence-corrected chi connectivity index (χ4v) is 2.31. The summed E-state index contributed by atoms with van der Waals surface area (Å²) in [6, 6.07) is 5.71. The summed E-state index contributed by atoms with van der Waals surface area (Å²) in [5.41, 5.74) is 7.64. The summed E-state index contributed by atoms with van der Waals surface area (Å²) >= 11 is 5.95. The Hall–Kier alpha value is -0.730. The van der Waals surface area contributed by atoms with E-state index in [0.717, 1.165) is 24.3 Å². The molecule has 0 aliphatic rings. The molecule has 0 radical (unpaired) electrons. The van der Waals surface area contributed by atoms with E-state index in [1.54, 1.807) is 6.07 Å². The Balaban J connectivity index is 2.07. The van der Waals surface area contributed by atoms with Crippen LogP contribution in [0.2, 0.25) is 5.02 Å². The number of hydrogen-bond acceptors (Lipinski definition) is 2. The maximum atomic E-state index is 5.95. The first-order valence-corrected chi connectivity index (χ1v) is 7.36. The van der Waals surface area contributed by atoms with Crippen molar-refractivity contribution < 1.29 is 0 Å². The number of halogens is 1. The molecule has 0 spiro atoms. The van der Waals surface area contributed by atoms with Crippen LogP contribution in [0, 0.1) is 0 Å². The predicted molar refractivity (Wildman–Crippen MR) is 80.9 cm³/mol. The van der Waals surface area contributed by atoms with Crippen LogP contribution in [-0.4, -0.2) is 6.54 Å². The molecule has 1 aromatic rings. The molecular weight excluding hydrogens is 244 g/mol. The van der Waals surface area contributed by atoms with Gasteiger partial charge in [-0.2, -0.15) is 0 Å². The zero-order valence-electron chi connectivity index (χ0n) is 11.3. The summed E-state index contributed by atoms with van der Waals surface area (Å²) in [7, 11) is 0. The predicted octanol–water partition coefficient (Wildman–Crippen LogP) is 4.37. The van der Waals surface area contributed by atoms with E-state index in [-0.39, 0.29) is 0 Å². The van der Waals surface area contributed by atoms with E-state index in [9.17, 15) is 0 Å². The van der Waals surface area contributed by atoms with Crippen LogP contribution in [0.3, 0.4) is 0 Å². The van der Waals surface area contributed by atoms with Gasteiger partial charge in [0.2, 0.25) is 0 Å². The summed E-state index contributed by atoms with van der Waals surface area (Å²) in [5.74, 6) is 0. The Morgan fingerprint density at radius 1 is 1.06 bits per heavy atom. The van der Waals surface area contributed by atoms with Crippen molar-refractivity contribution in [3.8, 4) is 0 Å². The summed E-state index contributed by atoms with van der Waals surface area (Å²) in [6.07, 6.45) is 8.00. The van der Waals surface area contributed by atoms with Gasteiger partial charge < -0.3 is 11.1 Å². The summed E-state index contributed by atoms with van der Waals surface area (Å²) in [5, 5.41) is 4.15. The van der Waals surface area contributed by atoms with E-state index >= 15 is 0 Å². The monoisotopic (exact) mass is 268 g/mol. The Morgan fingerprint density at radius 2 is 1.78 bits per heavy atom. The number of rotatable bonds is 9. The van der Waals surface area contributed by atoms with Crippen molar-refractivity contribution in [3.05, 3.63) is 28.8 Å². The van der Waals surface area contributed by atoms with Crippen molar-refractivity contribution in [2.45, 2.75) is 52.0 Å². The topological polar surface area (TPSA) is 38.0 Å². The zero-order valence-corrected chi connectivity index (χ0v) is 12.1. The number of unbranched alkanes of at least 4 members (excludes halogenated alkanes) is 5. The minimum absolute atomic E-state index is 0.714. The maximum Gasteiger partial charge on any atom is 0.0429 e. The van der Waals surface area contributed by atoms with E-state index in [0.29, 0.717) is 5.02 Å². The first kappa shape index (κ1) is 15.3. The lowest BCUT2D eigenvalue weighted by Gasteiger charge is -2.06. The highest BCUT2D eigenvalue weighted by Gasteiger charge is 1.97. The normalized spacial score (nSPS) is 10.8. The van der Waals surface area contributed by atoms with Crippen LogP contribution in [0.5, 0.6) is 0 Å². The SMILES string of the molecule is CCCCCCCCNCc1cc(N)cc(Cl)c1. The molecule has 0 aliphatic heterocycles. The van der Waals surface area contributed by atoms with Gasteiger partial charge in [0.1, 0.15) is 0 Å². The first-order chi connectivity index (χ1) is 8.72. The van der Waals surface area contributed by atoms with Gasteiger partial charge >= 0.3 is 0 Å². The van der Waals surface area contributed by atoms with E-state index < -0.39 is 0 Å². The van der Waals surface area contributed by atoms with Gasteiger partial charge in [-0.25, -0.2) is 0 Å².